The summed E-state index contributed by atoms with van der Waals surface area (Å²) in [5.74, 6) is 0.238. The molecule has 1 heterocycles. The Balaban J connectivity index is 2.59. The first-order valence-corrected chi connectivity index (χ1v) is 4.82. The summed E-state index contributed by atoms with van der Waals surface area (Å²) >= 11 is 0.928. The lowest BCUT2D eigenvalue weighted by Gasteiger charge is -2.38. The van der Waals surface area contributed by atoms with Crippen molar-refractivity contribution in [2.75, 3.05) is 5.75 Å². The Morgan fingerprint density at radius 1 is 1.08 bits per heavy atom. The lowest BCUT2D eigenvalue weighted by atomic mass is 10.0. The van der Waals surface area contributed by atoms with Gasteiger partial charge in [-0.3, -0.25) is 0 Å². The highest BCUT2D eigenvalue weighted by Gasteiger charge is 2.42. The number of aliphatic hydroxyl groups excluding tert-OH is 4. The molecule has 5 unspecified atom stereocenters. The van der Waals surface area contributed by atoms with Crippen LogP contribution >= 0.6 is 11.6 Å². The molecule has 13 heavy (non-hydrogen) atoms. The third-order valence-electron chi connectivity index (χ3n) is 1.95. The van der Waals surface area contributed by atoms with Crippen LogP contribution in [0.3, 0.4) is 0 Å². The standard InChI is InChI=1S/C6H11BO5S/c7-13-1-2-3(8)4(9)5(10)6(11)12-2/h2-6,8-11H,1H2. The molecule has 0 aliphatic carbocycles. The number of ether oxygens (including phenoxy) is 1. The summed E-state index contributed by atoms with van der Waals surface area (Å²) in [7, 11) is 5.15. The summed E-state index contributed by atoms with van der Waals surface area (Å²) in [6.07, 6.45) is -6.34. The highest BCUT2D eigenvalue weighted by molar-refractivity contribution is 8.19. The third-order valence-corrected chi connectivity index (χ3v) is 2.47. The molecule has 1 fully saturated rings. The van der Waals surface area contributed by atoms with E-state index >= 15 is 0 Å². The van der Waals surface area contributed by atoms with E-state index in [0.717, 1.165) is 11.6 Å². The van der Waals surface area contributed by atoms with Gasteiger partial charge in [-0.1, -0.05) is 0 Å². The molecule has 2 radical (unpaired) electrons. The Labute approximate surface area is 81.0 Å². The molecule has 0 aromatic carbocycles. The normalized spacial score (nSPS) is 46.3. The van der Waals surface area contributed by atoms with Crippen molar-refractivity contribution in [3.63, 3.8) is 0 Å². The van der Waals surface area contributed by atoms with E-state index in [2.05, 4.69) is 0 Å². The van der Waals surface area contributed by atoms with Gasteiger partial charge in [0.05, 0.1) is 6.10 Å². The van der Waals surface area contributed by atoms with Gasteiger partial charge in [-0.25, -0.2) is 11.6 Å². The van der Waals surface area contributed by atoms with E-state index in [1.54, 1.807) is 0 Å². The molecule has 1 aliphatic heterocycles. The average molecular weight is 206 g/mol. The van der Waals surface area contributed by atoms with Crippen LogP contribution in [0.25, 0.3) is 0 Å². The van der Waals surface area contributed by atoms with Crippen LogP contribution in [0.15, 0.2) is 0 Å². The Morgan fingerprint density at radius 3 is 2.23 bits per heavy atom. The molecule has 4 N–H and O–H groups in total. The van der Waals surface area contributed by atoms with Crippen molar-refractivity contribution >= 4 is 18.7 Å². The number of hydrogen-bond acceptors (Lipinski definition) is 6. The van der Waals surface area contributed by atoms with Crippen molar-refractivity contribution < 1.29 is 25.2 Å². The summed E-state index contributed by atoms with van der Waals surface area (Å²) in [5, 5.41) is 36.7. The summed E-state index contributed by atoms with van der Waals surface area (Å²) in [5.41, 5.74) is 0. The minimum Gasteiger partial charge on any atom is -0.388 e. The Morgan fingerprint density at radius 2 is 1.69 bits per heavy atom. The van der Waals surface area contributed by atoms with Gasteiger partial charge in [0.25, 0.3) is 0 Å². The summed E-state index contributed by atoms with van der Waals surface area (Å²) in [6.45, 7) is 0. The molecule has 7 heteroatoms. The maximum absolute atomic E-state index is 9.34. The van der Waals surface area contributed by atoms with E-state index in [4.69, 9.17) is 22.1 Å². The number of hydrogen-bond donors (Lipinski definition) is 4. The molecule has 5 nitrogen and oxygen atoms in total. The van der Waals surface area contributed by atoms with Crippen LogP contribution in [-0.4, -0.2) is 64.0 Å². The van der Waals surface area contributed by atoms with Crippen molar-refractivity contribution in [3.05, 3.63) is 0 Å². The van der Waals surface area contributed by atoms with Crippen molar-refractivity contribution in [1.29, 1.82) is 0 Å². The van der Waals surface area contributed by atoms with Gasteiger partial charge in [0.2, 0.25) is 0 Å². The molecule has 0 aromatic rings. The predicted octanol–water partition coefficient (Wildman–Crippen LogP) is -2.40. The molecular formula is C6H11BO5S. The smallest absolute Gasteiger partial charge is 0.183 e. The highest BCUT2D eigenvalue weighted by Crippen LogP contribution is 2.21. The molecule has 0 spiro atoms. The lowest BCUT2D eigenvalue weighted by Crippen LogP contribution is -2.58. The zero-order valence-electron chi connectivity index (χ0n) is 6.78. The molecule has 1 rings (SSSR count). The molecule has 1 saturated heterocycles. The fraction of sp³-hybridized carbons (Fsp3) is 1.00. The van der Waals surface area contributed by atoms with Crippen LogP contribution in [0.4, 0.5) is 0 Å². The first-order valence-electron chi connectivity index (χ1n) is 3.77. The first-order chi connectivity index (χ1) is 6.07. The monoisotopic (exact) mass is 206 g/mol. The molecule has 1 aliphatic rings. The van der Waals surface area contributed by atoms with Crippen LogP contribution in [0.5, 0.6) is 0 Å². The van der Waals surface area contributed by atoms with Gasteiger partial charge in [-0.05, 0) is 0 Å². The fourth-order valence-corrected chi connectivity index (χ4v) is 1.63. The van der Waals surface area contributed by atoms with E-state index in [9.17, 15) is 10.2 Å². The van der Waals surface area contributed by atoms with E-state index in [-0.39, 0.29) is 5.75 Å². The van der Waals surface area contributed by atoms with Gasteiger partial charge in [-0.15, -0.1) is 0 Å². The minimum absolute atomic E-state index is 0.238. The largest absolute Gasteiger partial charge is 0.388 e. The van der Waals surface area contributed by atoms with Crippen LogP contribution < -0.4 is 0 Å². The van der Waals surface area contributed by atoms with Crippen molar-refractivity contribution in [1.82, 2.24) is 0 Å². The summed E-state index contributed by atoms with van der Waals surface area (Å²) in [6, 6.07) is 0. The maximum Gasteiger partial charge on any atom is 0.183 e. The molecule has 5 atom stereocenters. The molecule has 0 amide bonds. The van der Waals surface area contributed by atoms with E-state index in [1.165, 1.54) is 0 Å². The van der Waals surface area contributed by atoms with Crippen molar-refractivity contribution in [2.24, 2.45) is 0 Å². The lowest BCUT2D eigenvalue weighted by molar-refractivity contribution is -0.276. The SMILES string of the molecule is [B]SCC1OC(O)C(O)C(O)C1O. The summed E-state index contributed by atoms with van der Waals surface area (Å²) < 4.78 is 4.82. The highest BCUT2D eigenvalue weighted by atomic mass is 32.2. The zero-order chi connectivity index (χ0) is 10.0. The first kappa shape index (κ1) is 11.3. The molecule has 74 valence electrons. The van der Waals surface area contributed by atoms with Crippen LogP contribution in [-0.2, 0) is 4.74 Å². The van der Waals surface area contributed by atoms with E-state index in [0.29, 0.717) is 0 Å². The zero-order valence-corrected chi connectivity index (χ0v) is 7.59. The molecule has 0 saturated carbocycles. The Hall–Kier alpha value is 0.215. The topological polar surface area (TPSA) is 90.2 Å². The quantitative estimate of drug-likeness (QED) is 0.377. The van der Waals surface area contributed by atoms with Crippen molar-refractivity contribution in [3.8, 4) is 0 Å². The Kier molecular flexibility index (Phi) is 4.02. The van der Waals surface area contributed by atoms with Gasteiger partial charge < -0.3 is 25.2 Å². The fourth-order valence-electron chi connectivity index (χ4n) is 1.16. The maximum atomic E-state index is 9.34. The predicted molar refractivity (Wildman–Crippen MR) is 47.1 cm³/mol. The van der Waals surface area contributed by atoms with Crippen molar-refractivity contribution in [2.45, 2.75) is 30.7 Å². The average Bonchev–Trinajstić information content (AvgIpc) is 2.11. The number of aliphatic hydroxyl groups is 4. The molecular weight excluding hydrogens is 195 g/mol. The minimum atomic E-state index is -1.48. The van der Waals surface area contributed by atoms with Gasteiger partial charge in [-0.2, -0.15) is 0 Å². The van der Waals surface area contributed by atoms with E-state index < -0.39 is 30.7 Å². The van der Waals surface area contributed by atoms with Gasteiger partial charge >= 0.3 is 0 Å². The third kappa shape index (κ3) is 2.36. The van der Waals surface area contributed by atoms with Crippen LogP contribution in [0.1, 0.15) is 0 Å². The van der Waals surface area contributed by atoms with Gasteiger partial charge in [0, 0.05) is 5.75 Å². The van der Waals surface area contributed by atoms with Crippen LogP contribution in [0.2, 0.25) is 0 Å². The Bertz CT molecular complexity index is 171. The van der Waals surface area contributed by atoms with Crippen LogP contribution in [0, 0.1) is 0 Å². The molecule has 0 aromatic heterocycles. The second-order valence-corrected chi connectivity index (χ2v) is 3.54. The van der Waals surface area contributed by atoms with E-state index in [1.807, 2.05) is 0 Å². The van der Waals surface area contributed by atoms with Gasteiger partial charge in [0.15, 0.2) is 13.4 Å². The second kappa shape index (κ2) is 4.63. The van der Waals surface area contributed by atoms with Gasteiger partial charge in [0.1, 0.15) is 18.3 Å². The second-order valence-electron chi connectivity index (χ2n) is 2.87. The number of rotatable bonds is 2. The summed E-state index contributed by atoms with van der Waals surface area (Å²) in [4.78, 5) is 0. The molecule has 0 bridgehead atoms.